The third kappa shape index (κ3) is 3.31. The van der Waals surface area contributed by atoms with Crippen LogP contribution in [-0.2, 0) is 11.3 Å². The average Bonchev–Trinajstić information content (AvgIpc) is 2.33. The van der Waals surface area contributed by atoms with E-state index in [1.165, 1.54) is 0 Å². The van der Waals surface area contributed by atoms with E-state index in [1.54, 1.807) is 24.3 Å². The fourth-order valence-corrected chi connectivity index (χ4v) is 1.47. The number of hydrogen-bond acceptors (Lipinski definition) is 2. The Hall–Kier alpha value is -2.36. The Morgan fingerprint density at radius 2 is 1.76 bits per heavy atom. The van der Waals surface area contributed by atoms with Crippen LogP contribution in [0.1, 0.15) is 0 Å². The molecular weight excluding hydrogens is 214 g/mol. The molecule has 3 N–H and O–H groups in total. The minimum absolute atomic E-state index is 0.0639. The topological polar surface area (TPSA) is 59.0 Å². The summed E-state index contributed by atoms with van der Waals surface area (Å²) in [7, 11) is 0. The highest BCUT2D eigenvalue weighted by Gasteiger charge is 2.08. The van der Waals surface area contributed by atoms with Crippen LogP contribution in [0.3, 0.4) is 0 Å². The molecule has 0 atom stereocenters. The number of carbonyl (C=O) groups is 1. The number of benzene rings is 1. The first kappa shape index (κ1) is 11.1. The van der Waals surface area contributed by atoms with Gasteiger partial charge in [-0.05, 0) is 24.3 Å². The highest BCUT2D eigenvalue weighted by atomic mass is 16.1. The van der Waals surface area contributed by atoms with Crippen molar-refractivity contribution in [2.24, 2.45) is 0 Å². The maximum Gasteiger partial charge on any atom is 0.290 e. The monoisotopic (exact) mass is 228 g/mol. The number of aromatic nitrogens is 1. The van der Waals surface area contributed by atoms with Gasteiger partial charge in [-0.1, -0.05) is 6.07 Å². The van der Waals surface area contributed by atoms with Crippen LogP contribution >= 0.6 is 0 Å². The normalized spacial score (nSPS) is 9.88. The van der Waals surface area contributed by atoms with Gasteiger partial charge in [0.25, 0.3) is 5.91 Å². The minimum atomic E-state index is -0.0639. The third-order valence-electron chi connectivity index (χ3n) is 2.30. The maximum absolute atomic E-state index is 11.7. The summed E-state index contributed by atoms with van der Waals surface area (Å²) in [4.78, 5) is 11.7. The molecule has 0 aliphatic carbocycles. The number of hydrogen-bond donors (Lipinski definition) is 2. The number of nitrogens with one attached hydrogen (secondary N) is 1. The molecule has 1 heterocycles. The Kier molecular flexibility index (Phi) is 3.35. The zero-order valence-electron chi connectivity index (χ0n) is 9.34. The summed E-state index contributed by atoms with van der Waals surface area (Å²) in [6, 6.07) is 12.8. The molecule has 1 amide bonds. The number of nitrogens with zero attached hydrogens (tertiary/aromatic N) is 1. The molecule has 0 fully saturated rings. The maximum atomic E-state index is 11.7. The highest BCUT2D eigenvalue weighted by molar-refractivity contribution is 5.89. The van der Waals surface area contributed by atoms with Crippen LogP contribution in [0.15, 0.2) is 54.9 Å². The van der Waals surface area contributed by atoms with Gasteiger partial charge in [-0.2, -0.15) is 4.57 Å². The highest BCUT2D eigenvalue weighted by Crippen LogP contribution is 2.09. The first-order valence-corrected chi connectivity index (χ1v) is 5.33. The van der Waals surface area contributed by atoms with Crippen LogP contribution in [0.25, 0.3) is 0 Å². The number of anilines is 2. The number of nitrogens with two attached hydrogens (primary N) is 1. The van der Waals surface area contributed by atoms with E-state index < -0.39 is 0 Å². The van der Waals surface area contributed by atoms with E-state index in [-0.39, 0.29) is 5.91 Å². The van der Waals surface area contributed by atoms with Crippen molar-refractivity contribution in [1.82, 2.24) is 0 Å². The predicted molar refractivity (Wildman–Crippen MR) is 66.1 cm³/mol. The van der Waals surface area contributed by atoms with E-state index in [0.717, 1.165) is 5.69 Å². The van der Waals surface area contributed by atoms with Crippen molar-refractivity contribution in [2.45, 2.75) is 6.54 Å². The lowest BCUT2D eigenvalue weighted by Gasteiger charge is -2.03. The second kappa shape index (κ2) is 5.12. The fourth-order valence-electron chi connectivity index (χ4n) is 1.47. The van der Waals surface area contributed by atoms with E-state index in [2.05, 4.69) is 5.32 Å². The van der Waals surface area contributed by atoms with Gasteiger partial charge in [0.2, 0.25) is 6.54 Å². The summed E-state index contributed by atoms with van der Waals surface area (Å²) >= 11 is 0. The number of pyridine rings is 1. The molecule has 0 unspecified atom stereocenters. The molecule has 0 aliphatic rings. The lowest BCUT2D eigenvalue weighted by molar-refractivity contribution is -0.684. The van der Waals surface area contributed by atoms with Gasteiger partial charge in [0.05, 0.1) is 0 Å². The first-order chi connectivity index (χ1) is 8.24. The molecule has 0 saturated heterocycles. The summed E-state index contributed by atoms with van der Waals surface area (Å²) in [5, 5.41) is 2.80. The summed E-state index contributed by atoms with van der Waals surface area (Å²) in [6.07, 6.45) is 3.70. The van der Waals surface area contributed by atoms with Crippen molar-refractivity contribution >= 4 is 17.3 Å². The van der Waals surface area contributed by atoms with Gasteiger partial charge < -0.3 is 11.1 Å². The number of nitrogen functional groups attached to an aromatic ring is 1. The summed E-state index contributed by atoms with van der Waals surface area (Å²) in [5.41, 5.74) is 7.00. The zero-order valence-corrected chi connectivity index (χ0v) is 9.34. The molecule has 0 aliphatic heterocycles. The lowest BCUT2D eigenvalue weighted by atomic mass is 10.3. The molecule has 1 aromatic heterocycles. The van der Waals surface area contributed by atoms with Gasteiger partial charge in [0.1, 0.15) is 0 Å². The van der Waals surface area contributed by atoms with E-state index in [9.17, 15) is 4.79 Å². The Bertz CT molecular complexity index is 494. The summed E-state index contributed by atoms with van der Waals surface area (Å²) in [5.74, 6) is -0.0639. The summed E-state index contributed by atoms with van der Waals surface area (Å²) in [6.45, 7) is 0.297. The zero-order chi connectivity index (χ0) is 12.1. The van der Waals surface area contributed by atoms with Gasteiger partial charge in [-0.3, -0.25) is 4.79 Å². The second-order valence-electron chi connectivity index (χ2n) is 3.72. The van der Waals surface area contributed by atoms with Crippen molar-refractivity contribution in [3.05, 3.63) is 54.9 Å². The number of amides is 1. The van der Waals surface area contributed by atoms with Crippen molar-refractivity contribution in [1.29, 1.82) is 0 Å². The van der Waals surface area contributed by atoms with E-state index in [1.807, 2.05) is 35.2 Å². The molecule has 0 radical (unpaired) electrons. The second-order valence-corrected chi connectivity index (χ2v) is 3.72. The Morgan fingerprint density at radius 1 is 1.12 bits per heavy atom. The van der Waals surface area contributed by atoms with Crippen LogP contribution in [0.5, 0.6) is 0 Å². The molecule has 0 saturated carbocycles. The SMILES string of the molecule is Nc1ccc(NC(=O)C[n+]2ccccc2)cc1. The molecule has 0 spiro atoms. The first-order valence-electron chi connectivity index (χ1n) is 5.33. The van der Waals surface area contributed by atoms with E-state index in [0.29, 0.717) is 12.2 Å². The third-order valence-corrected chi connectivity index (χ3v) is 2.30. The Labute approximate surface area is 99.7 Å². The number of carbonyl (C=O) groups excluding carboxylic acids is 1. The molecule has 86 valence electrons. The van der Waals surface area contributed by atoms with E-state index >= 15 is 0 Å². The summed E-state index contributed by atoms with van der Waals surface area (Å²) < 4.78 is 1.81. The van der Waals surface area contributed by atoms with Crippen molar-refractivity contribution in [3.8, 4) is 0 Å². The number of rotatable bonds is 3. The van der Waals surface area contributed by atoms with E-state index in [4.69, 9.17) is 5.73 Å². The Morgan fingerprint density at radius 3 is 2.41 bits per heavy atom. The smallest absolute Gasteiger partial charge is 0.290 e. The van der Waals surface area contributed by atoms with Gasteiger partial charge in [-0.25, -0.2) is 0 Å². The fraction of sp³-hybridized carbons (Fsp3) is 0.0769. The molecule has 1 aromatic carbocycles. The predicted octanol–water partition coefficient (Wildman–Crippen LogP) is 1.19. The molecule has 2 aromatic rings. The van der Waals surface area contributed by atoms with Crippen LogP contribution in [0, 0.1) is 0 Å². The van der Waals surface area contributed by atoms with Crippen LogP contribution < -0.4 is 15.6 Å². The lowest BCUT2D eigenvalue weighted by Crippen LogP contribution is -2.39. The minimum Gasteiger partial charge on any atom is -0.399 e. The van der Waals surface area contributed by atoms with Gasteiger partial charge in [0, 0.05) is 23.5 Å². The largest absolute Gasteiger partial charge is 0.399 e. The van der Waals surface area contributed by atoms with Crippen molar-refractivity contribution < 1.29 is 9.36 Å². The van der Waals surface area contributed by atoms with Crippen LogP contribution in [-0.4, -0.2) is 5.91 Å². The van der Waals surface area contributed by atoms with Crippen molar-refractivity contribution in [3.63, 3.8) is 0 Å². The van der Waals surface area contributed by atoms with Crippen LogP contribution in [0.2, 0.25) is 0 Å². The molecule has 0 bridgehead atoms. The van der Waals surface area contributed by atoms with Gasteiger partial charge in [0.15, 0.2) is 12.4 Å². The quantitative estimate of drug-likeness (QED) is 0.612. The standard InChI is InChI=1S/C13H13N3O/c14-11-4-6-12(7-5-11)15-13(17)10-16-8-2-1-3-9-16/h1-9H,10,14H2/p+1. The van der Waals surface area contributed by atoms with Crippen molar-refractivity contribution in [2.75, 3.05) is 11.1 Å². The van der Waals surface area contributed by atoms with Gasteiger partial charge in [-0.15, -0.1) is 0 Å². The molecule has 17 heavy (non-hydrogen) atoms. The van der Waals surface area contributed by atoms with Crippen LogP contribution in [0.4, 0.5) is 11.4 Å². The Balaban J connectivity index is 1.96. The molecule has 2 rings (SSSR count). The average molecular weight is 228 g/mol. The molecule has 4 heteroatoms. The molecular formula is C13H14N3O+. The molecule has 4 nitrogen and oxygen atoms in total. The van der Waals surface area contributed by atoms with Gasteiger partial charge >= 0.3 is 0 Å².